The third-order valence-corrected chi connectivity index (χ3v) is 5.66. The van der Waals surface area contributed by atoms with Crippen molar-refractivity contribution in [3.05, 3.63) is 64.4 Å². The van der Waals surface area contributed by atoms with Crippen molar-refractivity contribution in [3.63, 3.8) is 0 Å². The van der Waals surface area contributed by atoms with Crippen molar-refractivity contribution in [2.75, 3.05) is 16.4 Å². The molecule has 2 aromatic carbocycles. The van der Waals surface area contributed by atoms with Crippen molar-refractivity contribution in [1.29, 1.82) is 0 Å². The second-order valence-electron chi connectivity index (χ2n) is 6.61. The fraction of sp³-hybridized carbons (Fsp3) is 0.286. The van der Waals surface area contributed by atoms with Gasteiger partial charge in [0.1, 0.15) is 0 Å². The van der Waals surface area contributed by atoms with E-state index in [-0.39, 0.29) is 11.7 Å². The van der Waals surface area contributed by atoms with Crippen LogP contribution in [0.1, 0.15) is 23.9 Å². The third-order valence-electron chi connectivity index (χ3n) is 4.46. The molecule has 0 saturated carbocycles. The first kappa shape index (κ1) is 21.2. The predicted octanol–water partition coefficient (Wildman–Crippen LogP) is 4.91. The molecule has 0 aliphatic rings. The molecule has 6 nitrogen and oxygen atoms in total. The first-order valence-corrected chi connectivity index (χ1v) is 10.7. The maximum absolute atomic E-state index is 12.4. The van der Waals surface area contributed by atoms with Gasteiger partial charge in [-0.25, -0.2) is 0 Å². The zero-order valence-electron chi connectivity index (χ0n) is 16.7. The van der Waals surface area contributed by atoms with E-state index in [1.54, 1.807) is 0 Å². The summed E-state index contributed by atoms with van der Waals surface area (Å²) < 4.78 is 2.01. The number of hydrogen-bond donors (Lipinski definition) is 2. The van der Waals surface area contributed by atoms with Crippen molar-refractivity contribution < 1.29 is 4.79 Å². The van der Waals surface area contributed by atoms with Crippen LogP contribution >= 0.6 is 23.4 Å². The van der Waals surface area contributed by atoms with Crippen LogP contribution < -0.4 is 10.6 Å². The fourth-order valence-corrected chi connectivity index (χ4v) is 3.98. The number of aromatic nitrogens is 3. The van der Waals surface area contributed by atoms with Crippen LogP contribution in [-0.2, 0) is 17.9 Å². The molecule has 1 amide bonds. The smallest absolute Gasteiger partial charge is 0.234 e. The highest BCUT2D eigenvalue weighted by Crippen LogP contribution is 2.22. The summed E-state index contributed by atoms with van der Waals surface area (Å²) in [5.41, 5.74) is 3.90. The van der Waals surface area contributed by atoms with Gasteiger partial charge in [-0.15, -0.1) is 10.2 Å². The van der Waals surface area contributed by atoms with Gasteiger partial charge in [-0.2, -0.15) is 0 Å². The minimum Gasteiger partial charge on any atom is -0.378 e. The molecule has 29 heavy (non-hydrogen) atoms. The topological polar surface area (TPSA) is 71.8 Å². The minimum atomic E-state index is -0.0587. The summed E-state index contributed by atoms with van der Waals surface area (Å²) in [6.45, 7) is 7.26. The lowest BCUT2D eigenvalue weighted by atomic mass is 10.1. The number of rotatable bonds is 8. The Morgan fingerprint density at radius 2 is 1.86 bits per heavy atom. The number of amides is 1. The van der Waals surface area contributed by atoms with Crippen LogP contribution in [0.2, 0.25) is 5.02 Å². The number of para-hydroxylation sites is 1. The fourth-order valence-electron chi connectivity index (χ4n) is 2.97. The summed E-state index contributed by atoms with van der Waals surface area (Å²) in [7, 11) is 0. The summed E-state index contributed by atoms with van der Waals surface area (Å²) in [5, 5.41) is 16.3. The van der Waals surface area contributed by atoms with Gasteiger partial charge in [0.15, 0.2) is 11.0 Å². The molecule has 0 aliphatic heterocycles. The number of anilines is 2. The molecule has 3 aromatic rings. The van der Waals surface area contributed by atoms with Crippen molar-refractivity contribution in [1.82, 2.24) is 14.8 Å². The number of carbonyl (C=O) groups is 1. The molecule has 0 saturated heterocycles. The molecule has 8 heteroatoms. The maximum Gasteiger partial charge on any atom is 0.234 e. The van der Waals surface area contributed by atoms with E-state index in [4.69, 9.17) is 11.6 Å². The summed E-state index contributed by atoms with van der Waals surface area (Å²) in [5.74, 6) is 1.02. The molecule has 3 rings (SSSR count). The van der Waals surface area contributed by atoms with Crippen molar-refractivity contribution in [3.8, 4) is 0 Å². The molecule has 152 valence electrons. The highest BCUT2D eigenvalue weighted by molar-refractivity contribution is 7.99. The number of nitrogens with zero attached hydrogens (tertiary/aromatic N) is 3. The first-order chi connectivity index (χ1) is 14.0. The minimum absolute atomic E-state index is 0.0587. The second kappa shape index (κ2) is 9.80. The standard InChI is InChI=1S/C21H24ClN5OS/c1-4-27-18(12-23-17-10-6-9-16(22)11-17)25-26-21(27)29-13-19(28)24-20-14(2)7-5-8-15(20)3/h5-11,23H,4,12-13H2,1-3H3,(H,24,28). The summed E-state index contributed by atoms with van der Waals surface area (Å²) in [4.78, 5) is 12.4. The SMILES string of the molecule is CCn1c(CNc2cccc(Cl)c2)nnc1SCC(=O)Nc1c(C)cccc1C. The second-order valence-corrected chi connectivity index (χ2v) is 7.99. The van der Waals surface area contributed by atoms with Crippen LogP contribution in [0.15, 0.2) is 47.6 Å². The molecule has 1 aromatic heterocycles. The molecule has 0 radical (unpaired) electrons. The Morgan fingerprint density at radius 3 is 2.55 bits per heavy atom. The van der Waals surface area contributed by atoms with Crippen molar-refractivity contribution in [2.24, 2.45) is 0 Å². The predicted molar refractivity (Wildman–Crippen MR) is 120 cm³/mol. The van der Waals surface area contributed by atoms with Crippen LogP contribution in [0.4, 0.5) is 11.4 Å². The van der Waals surface area contributed by atoms with Gasteiger partial charge in [-0.05, 0) is 50.1 Å². The van der Waals surface area contributed by atoms with E-state index in [9.17, 15) is 4.79 Å². The van der Waals surface area contributed by atoms with Crippen molar-refractivity contribution in [2.45, 2.75) is 39.0 Å². The third kappa shape index (κ3) is 5.52. The molecule has 0 fully saturated rings. The Morgan fingerprint density at radius 1 is 1.14 bits per heavy atom. The number of hydrogen-bond acceptors (Lipinski definition) is 5. The van der Waals surface area contributed by atoms with Gasteiger partial charge >= 0.3 is 0 Å². The Labute approximate surface area is 180 Å². The lowest BCUT2D eigenvalue weighted by Gasteiger charge is -2.12. The monoisotopic (exact) mass is 429 g/mol. The Hall–Kier alpha value is -2.51. The molecule has 0 bridgehead atoms. The summed E-state index contributed by atoms with van der Waals surface area (Å²) in [6.07, 6.45) is 0. The Kier molecular flexibility index (Phi) is 7.17. The van der Waals surface area contributed by atoms with Gasteiger partial charge in [-0.1, -0.05) is 47.6 Å². The van der Waals surface area contributed by atoms with Crippen LogP contribution in [-0.4, -0.2) is 26.4 Å². The lowest BCUT2D eigenvalue weighted by Crippen LogP contribution is -2.16. The van der Waals surface area contributed by atoms with Gasteiger partial charge in [-0.3, -0.25) is 4.79 Å². The average Bonchev–Trinajstić information content (AvgIpc) is 3.09. The van der Waals surface area contributed by atoms with E-state index in [1.165, 1.54) is 11.8 Å². The van der Waals surface area contributed by atoms with Gasteiger partial charge in [0.05, 0.1) is 12.3 Å². The number of nitrogens with one attached hydrogen (secondary N) is 2. The van der Waals surface area contributed by atoms with Crippen LogP contribution in [0.3, 0.4) is 0 Å². The highest BCUT2D eigenvalue weighted by atomic mass is 35.5. The average molecular weight is 430 g/mol. The lowest BCUT2D eigenvalue weighted by molar-refractivity contribution is -0.113. The van der Waals surface area contributed by atoms with E-state index in [0.717, 1.165) is 40.0 Å². The van der Waals surface area contributed by atoms with Crippen LogP contribution in [0.25, 0.3) is 0 Å². The molecular formula is C21H24ClN5OS. The van der Waals surface area contributed by atoms with E-state index < -0.39 is 0 Å². The van der Waals surface area contributed by atoms with E-state index in [1.807, 2.05) is 67.8 Å². The molecular weight excluding hydrogens is 406 g/mol. The van der Waals surface area contributed by atoms with Crippen molar-refractivity contribution >= 4 is 40.6 Å². The van der Waals surface area contributed by atoms with Gasteiger partial charge in [0.2, 0.25) is 5.91 Å². The molecule has 0 unspecified atom stereocenters. The number of benzene rings is 2. The van der Waals surface area contributed by atoms with E-state index >= 15 is 0 Å². The molecule has 0 aliphatic carbocycles. The zero-order chi connectivity index (χ0) is 20.8. The molecule has 0 spiro atoms. The van der Waals surface area contributed by atoms with Crippen LogP contribution in [0.5, 0.6) is 0 Å². The largest absolute Gasteiger partial charge is 0.378 e. The summed E-state index contributed by atoms with van der Waals surface area (Å²) >= 11 is 7.41. The molecule has 0 atom stereocenters. The Balaban J connectivity index is 1.60. The zero-order valence-corrected chi connectivity index (χ0v) is 18.3. The number of thioether (sulfide) groups is 1. The van der Waals surface area contributed by atoms with E-state index in [2.05, 4.69) is 20.8 Å². The Bertz CT molecular complexity index is 984. The van der Waals surface area contributed by atoms with Gasteiger partial charge in [0.25, 0.3) is 0 Å². The van der Waals surface area contributed by atoms with Crippen LogP contribution in [0, 0.1) is 13.8 Å². The maximum atomic E-state index is 12.4. The van der Waals surface area contributed by atoms with E-state index in [0.29, 0.717) is 11.6 Å². The molecule has 2 N–H and O–H groups in total. The first-order valence-electron chi connectivity index (χ1n) is 9.38. The normalized spacial score (nSPS) is 10.8. The molecule has 1 heterocycles. The number of carbonyl (C=O) groups excluding carboxylic acids is 1. The highest BCUT2D eigenvalue weighted by Gasteiger charge is 2.14. The quantitative estimate of drug-likeness (QED) is 0.498. The van der Waals surface area contributed by atoms with Gasteiger partial charge < -0.3 is 15.2 Å². The number of aryl methyl sites for hydroxylation is 2. The number of halogens is 1. The van der Waals surface area contributed by atoms with Gasteiger partial charge in [0, 0.05) is 22.9 Å². The summed E-state index contributed by atoms with van der Waals surface area (Å²) in [6, 6.07) is 13.5.